The van der Waals surface area contributed by atoms with Gasteiger partial charge in [0.1, 0.15) is 0 Å². The number of rotatable bonds is 3. The van der Waals surface area contributed by atoms with E-state index in [9.17, 15) is 9.90 Å². The number of esters is 1. The molecule has 0 aliphatic rings. The van der Waals surface area contributed by atoms with Crippen molar-refractivity contribution in [3.63, 3.8) is 0 Å². The largest absolute Gasteiger partial charge is 0.467 e. The lowest BCUT2D eigenvalue weighted by molar-refractivity contribution is -0.150. The Kier molecular flexibility index (Phi) is 3.60. The van der Waals surface area contributed by atoms with Crippen molar-refractivity contribution in [1.29, 1.82) is 0 Å². The van der Waals surface area contributed by atoms with Gasteiger partial charge in [0.15, 0.2) is 6.10 Å². The van der Waals surface area contributed by atoms with E-state index in [4.69, 9.17) is 0 Å². The summed E-state index contributed by atoms with van der Waals surface area (Å²) < 4.78 is 4.41. The van der Waals surface area contributed by atoms with Crippen LogP contribution in [0.3, 0.4) is 0 Å². The molecule has 0 fully saturated rings. The minimum Gasteiger partial charge on any atom is -0.467 e. The Morgan fingerprint density at radius 3 is 2.71 bits per heavy atom. The van der Waals surface area contributed by atoms with Crippen LogP contribution in [-0.4, -0.2) is 23.2 Å². The van der Waals surface area contributed by atoms with E-state index in [1.54, 1.807) is 5.38 Å². The molecule has 4 nitrogen and oxygen atoms in total. The van der Waals surface area contributed by atoms with Gasteiger partial charge in [0.25, 0.3) is 0 Å². The second kappa shape index (κ2) is 4.52. The molecule has 0 aliphatic heterocycles. The van der Waals surface area contributed by atoms with Crippen molar-refractivity contribution in [1.82, 2.24) is 4.98 Å². The molecule has 0 bridgehead atoms. The van der Waals surface area contributed by atoms with E-state index in [-0.39, 0.29) is 0 Å². The molecule has 1 aromatic heterocycles. The second-order valence-electron chi connectivity index (χ2n) is 3.19. The highest BCUT2D eigenvalue weighted by Gasteiger charge is 2.21. The molecule has 14 heavy (non-hydrogen) atoms. The number of hydrogen-bond donors (Lipinski definition) is 1. The number of nitrogens with zero attached hydrogens (tertiary/aromatic N) is 1. The van der Waals surface area contributed by atoms with Crippen molar-refractivity contribution in [2.75, 3.05) is 7.11 Å². The van der Waals surface area contributed by atoms with Gasteiger partial charge < -0.3 is 9.84 Å². The molecule has 0 aliphatic carbocycles. The van der Waals surface area contributed by atoms with Gasteiger partial charge in [-0.15, -0.1) is 11.3 Å². The fourth-order valence-electron chi connectivity index (χ4n) is 0.924. The Morgan fingerprint density at radius 2 is 2.29 bits per heavy atom. The number of aliphatic hydroxyl groups is 1. The summed E-state index contributed by atoms with van der Waals surface area (Å²) in [5, 5.41) is 12.0. The molecule has 1 unspecified atom stereocenters. The van der Waals surface area contributed by atoms with E-state index in [1.807, 2.05) is 13.8 Å². The molecule has 0 spiro atoms. The highest BCUT2D eigenvalue weighted by Crippen LogP contribution is 2.23. The lowest BCUT2D eigenvalue weighted by Crippen LogP contribution is -2.13. The first-order valence-electron chi connectivity index (χ1n) is 4.27. The molecular weight excluding hydrogens is 202 g/mol. The smallest absolute Gasteiger partial charge is 0.341 e. The lowest BCUT2D eigenvalue weighted by atomic mass is 10.2. The first kappa shape index (κ1) is 11.1. The average Bonchev–Trinajstić information content (AvgIpc) is 2.64. The number of methoxy groups -OCH3 is 1. The molecule has 1 atom stereocenters. The molecule has 78 valence electrons. The van der Waals surface area contributed by atoms with Crippen LogP contribution >= 0.6 is 11.3 Å². The molecule has 5 heteroatoms. The number of carbonyl (C=O) groups is 1. The number of aliphatic hydroxyl groups excluding tert-OH is 1. The van der Waals surface area contributed by atoms with Crippen molar-refractivity contribution >= 4 is 17.3 Å². The van der Waals surface area contributed by atoms with Gasteiger partial charge in [0.2, 0.25) is 0 Å². The van der Waals surface area contributed by atoms with Crippen LogP contribution in [0.1, 0.15) is 36.6 Å². The first-order valence-corrected chi connectivity index (χ1v) is 5.15. The summed E-state index contributed by atoms with van der Waals surface area (Å²) >= 11 is 1.43. The maximum Gasteiger partial charge on any atom is 0.341 e. The molecule has 1 aromatic rings. The van der Waals surface area contributed by atoms with Crippen LogP contribution in [0.25, 0.3) is 0 Å². The quantitative estimate of drug-likeness (QED) is 0.776. The maximum atomic E-state index is 11.0. The van der Waals surface area contributed by atoms with Gasteiger partial charge in [0.05, 0.1) is 17.8 Å². The molecule has 1 N–H and O–H groups in total. The summed E-state index contributed by atoms with van der Waals surface area (Å²) in [6.07, 6.45) is -1.26. The third kappa shape index (κ3) is 2.30. The molecular formula is C9H13NO3S. The van der Waals surface area contributed by atoms with Crippen LogP contribution in [0.2, 0.25) is 0 Å². The molecule has 0 amide bonds. The lowest BCUT2D eigenvalue weighted by Gasteiger charge is -2.04. The van der Waals surface area contributed by atoms with Crippen LogP contribution in [0.15, 0.2) is 5.38 Å². The van der Waals surface area contributed by atoms with Crippen molar-refractivity contribution in [3.8, 4) is 0 Å². The summed E-state index contributed by atoms with van der Waals surface area (Å²) in [4.78, 5) is 15.1. The summed E-state index contributed by atoms with van der Waals surface area (Å²) in [5.41, 5.74) is 0.366. The van der Waals surface area contributed by atoms with Gasteiger partial charge in [-0.05, 0) is 0 Å². The Balaban J connectivity index is 2.81. The fraction of sp³-hybridized carbons (Fsp3) is 0.556. The topological polar surface area (TPSA) is 59.4 Å². The Labute approximate surface area is 86.6 Å². The van der Waals surface area contributed by atoms with Gasteiger partial charge in [-0.25, -0.2) is 9.78 Å². The molecule has 0 radical (unpaired) electrons. The van der Waals surface area contributed by atoms with Crippen LogP contribution in [-0.2, 0) is 9.53 Å². The predicted molar refractivity (Wildman–Crippen MR) is 53.2 cm³/mol. The minimum absolute atomic E-state index is 0.304. The van der Waals surface area contributed by atoms with E-state index < -0.39 is 12.1 Å². The van der Waals surface area contributed by atoms with E-state index in [0.29, 0.717) is 11.6 Å². The monoisotopic (exact) mass is 215 g/mol. The van der Waals surface area contributed by atoms with Crippen molar-refractivity contribution in [2.45, 2.75) is 25.9 Å². The second-order valence-corrected chi connectivity index (χ2v) is 4.08. The SMILES string of the molecule is COC(=O)C(O)c1csc(C(C)C)n1. The summed E-state index contributed by atoms with van der Waals surface area (Å²) in [6, 6.07) is 0. The molecule has 0 aromatic carbocycles. The van der Waals surface area contributed by atoms with Gasteiger partial charge >= 0.3 is 5.97 Å². The molecule has 0 saturated carbocycles. The van der Waals surface area contributed by atoms with Crippen molar-refractivity contribution in [3.05, 3.63) is 16.1 Å². The Morgan fingerprint density at radius 1 is 1.64 bits per heavy atom. The third-order valence-corrected chi connectivity index (χ3v) is 2.90. The highest BCUT2D eigenvalue weighted by atomic mass is 32.1. The van der Waals surface area contributed by atoms with Crippen molar-refractivity contribution in [2.24, 2.45) is 0 Å². The van der Waals surface area contributed by atoms with Crippen LogP contribution in [0, 0.1) is 0 Å². The van der Waals surface area contributed by atoms with E-state index in [1.165, 1.54) is 18.4 Å². The summed E-state index contributed by atoms with van der Waals surface area (Å²) in [6.45, 7) is 4.01. The zero-order valence-electron chi connectivity index (χ0n) is 8.35. The highest BCUT2D eigenvalue weighted by molar-refractivity contribution is 7.09. The number of aromatic nitrogens is 1. The predicted octanol–water partition coefficient (Wildman–Crippen LogP) is 1.47. The van der Waals surface area contributed by atoms with Crippen LogP contribution in [0.4, 0.5) is 0 Å². The standard InChI is InChI=1S/C9H13NO3S/c1-5(2)8-10-6(4-14-8)7(11)9(12)13-3/h4-5,7,11H,1-3H3. The normalized spacial score (nSPS) is 12.9. The fourth-order valence-corrected chi connectivity index (χ4v) is 1.78. The number of carbonyl (C=O) groups excluding carboxylic acids is 1. The zero-order chi connectivity index (χ0) is 10.7. The zero-order valence-corrected chi connectivity index (χ0v) is 9.17. The van der Waals surface area contributed by atoms with E-state index in [0.717, 1.165) is 5.01 Å². The summed E-state index contributed by atoms with van der Waals surface area (Å²) in [5.74, 6) is -0.371. The minimum atomic E-state index is -1.26. The average molecular weight is 215 g/mol. The van der Waals surface area contributed by atoms with Gasteiger partial charge in [0, 0.05) is 11.3 Å². The maximum absolute atomic E-state index is 11.0. The van der Waals surface area contributed by atoms with E-state index >= 15 is 0 Å². The Hall–Kier alpha value is -0.940. The summed E-state index contributed by atoms with van der Waals surface area (Å²) in [7, 11) is 1.24. The van der Waals surface area contributed by atoms with Crippen LogP contribution < -0.4 is 0 Å². The van der Waals surface area contributed by atoms with Gasteiger partial charge in [-0.3, -0.25) is 0 Å². The van der Waals surface area contributed by atoms with Gasteiger partial charge in [-0.2, -0.15) is 0 Å². The Bertz CT molecular complexity index is 322. The third-order valence-electron chi connectivity index (χ3n) is 1.74. The van der Waals surface area contributed by atoms with Crippen molar-refractivity contribution < 1.29 is 14.6 Å². The number of thiazole rings is 1. The first-order chi connectivity index (χ1) is 6.56. The molecule has 1 rings (SSSR count). The van der Waals surface area contributed by atoms with Gasteiger partial charge in [-0.1, -0.05) is 13.8 Å². The molecule has 0 saturated heterocycles. The van der Waals surface area contributed by atoms with E-state index in [2.05, 4.69) is 9.72 Å². The molecule has 1 heterocycles. The number of hydrogen-bond acceptors (Lipinski definition) is 5. The number of ether oxygens (including phenoxy) is 1. The van der Waals surface area contributed by atoms with Crippen LogP contribution in [0.5, 0.6) is 0 Å².